The number of carbonyl (C=O) groups is 1. The average Bonchev–Trinajstić information content (AvgIpc) is 3.15. The van der Waals surface area contributed by atoms with Crippen molar-refractivity contribution >= 4 is 5.91 Å². The molecule has 0 radical (unpaired) electrons. The van der Waals surface area contributed by atoms with Crippen molar-refractivity contribution in [1.29, 1.82) is 0 Å². The minimum absolute atomic E-state index is 0.0824. The van der Waals surface area contributed by atoms with E-state index in [0.29, 0.717) is 19.4 Å². The molecular formula is C27H42N6O3. The lowest BCUT2D eigenvalue weighted by molar-refractivity contribution is -0.173. The number of aliphatic hydroxyl groups excluding tert-OH is 2. The number of amides is 1. The standard InChI is InChI=1S/C27H42N6O3/c1-6-7-14-32-25(35)23(24(34)18(2)3)29-26(36)27(32)11-15-31(16-12-27)17-21-19(4)30-33(20(21)5)22-10-8-9-13-28-22/h8-10,13,18,23-24,26,29,34,36H,6-7,11-12,14-17H2,1-5H3/t23-,24-,26?/m1/s1. The lowest BCUT2D eigenvalue weighted by Gasteiger charge is -2.56. The molecule has 2 fully saturated rings. The Kier molecular flexibility index (Phi) is 8.14. The molecule has 1 unspecified atom stereocenters. The van der Waals surface area contributed by atoms with Crippen molar-refractivity contribution in [1.82, 2.24) is 29.9 Å². The van der Waals surface area contributed by atoms with Crippen molar-refractivity contribution in [3.05, 3.63) is 41.3 Å². The molecule has 4 rings (SSSR count). The molecule has 3 N–H and O–H groups in total. The Bertz CT molecular complexity index is 1030. The molecule has 2 aliphatic rings. The Balaban J connectivity index is 1.50. The van der Waals surface area contributed by atoms with Gasteiger partial charge in [-0.05, 0) is 51.2 Å². The zero-order chi connectivity index (χ0) is 26.0. The molecule has 36 heavy (non-hydrogen) atoms. The predicted octanol–water partition coefficient (Wildman–Crippen LogP) is 2.15. The van der Waals surface area contributed by atoms with E-state index in [1.54, 1.807) is 6.20 Å². The molecule has 2 aromatic heterocycles. The van der Waals surface area contributed by atoms with Gasteiger partial charge in [-0.2, -0.15) is 5.10 Å². The molecule has 2 aromatic rings. The third kappa shape index (κ3) is 4.94. The number of carbonyl (C=O) groups excluding carboxylic acids is 1. The molecule has 0 aliphatic carbocycles. The zero-order valence-electron chi connectivity index (χ0n) is 22.3. The minimum Gasteiger partial charge on any atom is -0.391 e. The van der Waals surface area contributed by atoms with Crippen molar-refractivity contribution in [3.63, 3.8) is 0 Å². The Morgan fingerprint density at radius 1 is 1.22 bits per heavy atom. The van der Waals surface area contributed by atoms with Gasteiger partial charge in [0.25, 0.3) is 0 Å². The van der Waals surface area contributed by atoms with E-state index in [2.05, 4.69) is 29.0 Å². The van der Waals surface area contributed by atoms with Gasteiger partial charge in [-0.25, -0.2) is 9.67 Å². The van der Waals surface area contributed by atoms with E-state index in [0.717, 1.165) is 49.7 Å². The Labute approximate surface area is 214 Å². The maximum Gasteiger partial charge on any atom is 0.243 e. The number of aromatic nitrogens is 3. The highest BCUT2D eigenvalue weighted by molar-refractivity contribution is 5.84. The zero-order valence-corrected chi connectivity index (χ0v) is 22.3. The molecule has 1 spiro atoms. The number of aliphatic hydroxyl groups is 2. The van der Waals surface area contributed by atoms with E-state index < -0.39 is 23.9 Å². The Morgan fingerprint density at radius 2 is 1.94 bits per heavy atom. The molecule has 9 nitrogen and oxygen atoms in total. The number of piperazine rings is 1. The predicted molar refractivity (Wildman–Crippen MR) is 138 cm³/mol. The van der Waals surface area contributed by atoms with Gasteiger partial charge in [0.1, 0.15) is 12.3 Å². The van der Waals surface area contributed by atoms with Crippen LogP contribution >= 0.6 is 0 Å². The molecule has 0 aromatic carbocycles. The summed E-state index contributed by atoms with van der Waals surface area (Å²) < 4.78 is 1.90. The fourth-order valence-corrected chi connectivity index (χ4v) is 5.68. The van der Waals surface area contributed by atoms with Gasteiger partial charge in [0, 0.05) is 43.6 Å². The van der Waals surface area contributed by atoms with E-state index in [9.17, 15) is 15.0 Å². The third-order valence-electron chi connectivity index (χ3n) is 8.09. The molecule has 2 saturated heterocycles. The molecule has 0 saturated carbocycles. The highest BCUT2D eigenvalue weighted by Crippen LogP contribution is 2.37. The summed E-state index contributed by atoms with van der Waals surface area (Å²) in [5, 5.41) is 29.8. The van der Waals surface area contributed by atoms with E-state index in [4.69, 9.17) is 5.10 Å². The number of piperidine rings is 1. The van der Waals surface area contributed by atoms with Crippen LogP contribution < -0.4 is 5.32 Å². The van der Waals surface area contributed by atoms with E-state index in [1.807, 2.05) is 48.6 Å². The topological polar surface area (TPSA) is 107 Å². The van der Waals surface area contributed by atoms with Gasteiger partial charge in [-0.3, -0.25) is 15.0 Å². The first-order valence-electron chi connectivity index (χ1n) is 13.3. The second-order valence-electron chi connectivity index (χ2n) is 10.8. The van der Waals surface area contributed by atoms with Crippen molar-refractivity contribution in [3.8, 4) is 5.82 Å². The van der Waals surface area contributed by atoms with Crippen molar-refractivity contribution in [2.75, 3.05) is 19.6 Å². The molecular weight excluding hydrogens is 456 g/mol. The molecule has 1 amide bonds. The van der Waals surface area contributed by atoms with Crippen LogP contribution in [0.2, 0.25) is 0 Å². The number of nitrogens with zero attached hydrogens (tertiary/aromatic N) is 5. The highest BCUT2D eigenvalue weighted by atomic mass is 16.3. The summed E-state index contributed by atoms with van der Waals surface area (Å²) in [7, 11) is 0. The molecule has 0 bridgehead atoms. The number of nitrogens with one attached hydrogen (secondary N) is 1. The van der Waals surface area contributed by atoms with Crippen LogP contribution in [-0.4, -0.2) is 84.2 Å². The minimum atomic E-state index is -0.872. The molecule has 3 atom stereocenters. The quantitative estimate of drug-likeness (QED) is 0.512. The first-order chi connectivity index (χ1) is 17.2. The molecule has 198 valence electrons. The smallest absolute Gasteiger partial charge is 0.243 e. The lowest BCUT2D eigenvalue weighted by Crippen LogP contribution is -2.76. The number of hydrogen-bond acceptors (Lipinski definition) is 7. The third-order valence-corrected chi connectivity index (χ3v) is 8.09. The molecule has 2 aliphatic heterocycles. The second kappa shape index (κ2) is 11.0. The van der Waals surface area contributed by atoms with Crippen LogP contribution in [0, 0.1) is 19.8 Å². The van der Waals surface area contributed by atoms with Crippen LogP contribution in [0.15, 0.2) is 24.4 Å². The van der Waals surface area contributed by atoms with Gasteiger partial charge in [0.15, 0.2) is 5.82 Å². The summed E-state index contributed by atoms with van der Waals surface area (Å²) in [5.41, 5.74) is 2.61. The van der Waals surface area contributed by atoms with E-state index >= 15 is 0 Å². The van der Waals surface area contributed by atoms with Gasteiger partial charge in [-0.1, -0.05) is 33.3 Å². The van der Waals surface area contributed by atoms with Gasteiger partial charge in [0.05, 0.1) is 17.3 Å². The maximum atomic E-state index is 13.6. The summed E-state index contributed by atoms with van der Waals surface area (Å²) in [5.74, 6) is 0.634. The number of aryl methyl sites for hydroxylation is 1. The summed E-state index contributed by atoms with van der Waals surface area (Å²) in [6.45, 7) is 12.9. The number of unbranched alkanes of at least 4 members (excludes halogenated alkanes) is 1. The number of rotatable bonds is 8. The number of likely N-dealkylation sites (tertiary alicyclic amines) is 1. The van der Waals surface area contributed by atoms with Crippen LogP contribution in [0.25, 0.3) is 5.82 Å². The van der Waals surface area contributed by atoms with Crippen molar-refractivity contribution in [2.45, 2.75) is 90.8 Å². The van der Waals surface area contributed by atoms with Crippen molar-refractivity contribution in [2.24, 2.45) is 5.92 Å². The normalized spacial score (nSPS) is 23.6. The molecule has 9 heteroatoms. The number of hydrogen-bond donors (Lipinski definition) is 3. The van der Waals surface area contributed by atoms with Crippen LogP contribution in [0.5, 0.6) is 0 Å². The fourth-order valence-electron chi connectivity index (χ4n) is 5.68. The fraction of sp³-hybridized carbons (Fsp3) is 0.667. The summed E-state index contributed by atoms with van der Waals surface area (Å²) in [6, 6.07) is 5.04. The largest absolute Gasteiger partial charge is 0.391 e. The first-order valence-corrected chi connectivity index (χ1v) is 13.3. The van der Waals surface area contributed by atoms with Crippen LogP contribution in [-0.2, 0) is 11.3 Å². The monoisotopic (exact) mass is 498 g/mol. The van der Waals surface area contributed by atoms with Crippen molar-refractivity contribution < 1.29 is 15.0 Å². The number of pyridine rings is 1. The highest BCUT2D eigenvalue weighted by Gasteiger charge is 2.54. The SMILES string of the molecule is CCCCN1C(=O)[C@@H]([C@H](O)C(C)C)NC(O)C12CCN(Cc1c(C)nn(-c3ccccn3)c1C)CC2. The first kappa shape index (κ1) is 26.7. The van der Waals surface area contributed by atoms with Gasteiger partial charge in [-0.15, -0.1) is 0 Å². The van der Waals surface area contributed by atoms with E-state index in [-0.39, 0.29) is 11.8 Å². The summed E-state index contributed by atoms with van der Waals surface area (Å²) >= 11 is 0. The summed E-state index contributed by atoms with van der Waals surface area (Å²) in [6.07, 6.45) is 3.25. The summed E-state index contributed by atoms with van der Waals surface area (Å²) in [4.78, 5) is 22.3. The lowest BCUT2D eigenvalue weighted by atomic mass is 9.79. The molecule has 4 heterocycles. The van der Waals surface area contributed by atoms with Gasteiger partial charge < -0.3 is 15.1 Å². The van der Waals surface area contributed by atoms with Gasteiger partial charge >= 0.3 is 0 Å². The Hall–Kier alpha value is -2.33. The van der Waals surface area contributed by atoms with Crippen LogP contribution in [0.4, 0.5) is 0 Å². The maximum absolute atomic E-state index is 13.6. The average molecular weight is 499 g/mol. The Morgan fingerprint density at radius 3 is 2.56 bits per heavy atom. The van der Waals surface area contributed by atoms with E-state index in [1.165, 1.54) is 5.56 Å². The van der Waals surface area contributed by atoms with Crippen LogP contribution in [0.1, 0.15) is 63.4 Å². The van der Waals surface area contributed by atoms with Crippen LogP contribution in [0.3, 0.4) is 0 Å². The van der Waals surface area contributed by atoms with Gasteiger partial charge in [0.2, 0.25) is 5.91 Å². The second-order valence-corrected chi connectivity index (χ2v) is 10.8.